The Morgan fingerprint density at radius 1 is 1.62 bits per heavy atom. The van der Waals surface area contributed by atoms with Gasteiger partial charge >= 0.3 is 0 Å². The summed E-state index contributed by atoms with van der Waals surface area (Å²) < 4.78 is 5.18. The van der Waals surface area contributed by atoms with Crippen LogP contribution >= 0.6 is 0 Å². The lowest BCUT2D eigenvalue weighted by Crippen LogP contribution is -2.21. The SMILES string of the molecule is COc1c(NN)ncnc1N(C)CCC#N. The Labute approximate surface area is 93.8 Å². The molecule has 86 valence electrons. The highest BCUT2D eigenvalue weighted by Gasteiger charge is 2.14. The van der Waals surface area contributed by atoms with Gasteiger partial charge in [0.05, 0.1) is 19.6 Å². The smallest absolute Gasteiger partial charge is 0.205 e. The monoisotopic (exact) mass is 222 g/mol. The summed E-state index contributed by atoms with van der Waals surface area (Å²) in [5, 5.41) is 8.52. The summed E-state index contributed by atoms with van der Waals surface area (Å²) in [6.07, 6.45) is 1.80. The van der Waals surface area contributed by atoms with E-state index in [1.807, 2.05) is 11.9 Å². The summed E-state index contributed by atoms with van der Waals surface area (Å²) >= 11 is 0. The largest absolute Gasteiger partial charge is 0.490 e. The molecule has 0 aliphatic rings. The van der Waals surface area contributed by atoms with Crippen molar-refractivity contribution in [3.8, 4) is 11.8 Å². The van der Waals surface area contributed by atoms with E-state index in [0.29, 0.717) is 30.4 Å². The minimum absolute atomic E-state index is 0.412. The van der Waals surface area contributed by atoms with E-state index >= 15 is 0 Å². The first kappa shape index (κ1) is 12.0. The number of anilines is 2. The minimum atomic E-state index is 0.412. The minimum Gasteiger partial charge on any atom is -0.490 e. The maximum absolute atomic E-state index is 8.52. The Kier molecular flexibility index (Phi) is 4.29. The number of nitrogens with one attached hydrogen (secondary N) is 1. The van der Waals surface area contributed by atoms with E-state index in [9.17, 15) is 0 Å². The lowest BCUT2D eigenvalue weighted by Gasteiger charge is -2.19. The van der Waals surface area contributed by atoms with E-state index in [0.717, 1.165) is 0 Å². The van der Waals surface area contributed by atoms with Crippen LogP contribution in [0.3, 0.4) is 0 Å². The molecule has 0 aromatic carbocycles. The van der Waals surface area contributed by atoms with Crippen molar-refractivity contribution in [3.05, 3.63) is 6.33 Å². The van der Waals surface area contributed by atoms with E-state index < -0.39 is 0 Å². The second-order valence-corrected chi connectivity index (χ2v) is 3.05. The van der Waals surface area contributed by atoms with E-state index in [1.165, 1.54) is 13.4 Å². The van der Waals surface area contributed by atoms with Gasteiger partial charge in [0.2, 0.25) is 5.75 Å². The van der Waals surface area contributed by atoms with Gasteiger partial charge in [-0.25, -0.2) is 15.8 Å². The number of nitrogen functional groups attached to an aromatic ring is 1. The normalized spacial score (nSPS) is 9.38. The standard InChI is InChI=1S/C9H14N6O/c1-15(5-3-4-10)9-7(16-2)8(14-11)12-6-13-9/h6H,3,5,11H2,1-2H3,(H,12,13,14). The lowest BCUT2D eigenvalue weighted by atomic mass is 10.4. The van der Waals surface area contributed by atoms with Crippen molar-refractivity contribution in [2.45, 2.75) is 6.42 Å². The summed E-state index contributed by atoms with van der Waals surface area (Å²) in [7, 11) is 3.34. The van der Waals surface area contributed by atoms with Crippen LogP contribution in [0.25, 0.3) is 0 Å². The number of aromatic nitrogens is 2. The highest BCUT2D eigenvalue weighted by molar-refractivity contribution is 5.63. The summed E-state index contributed by atoms with van der Waals surface area (Å²) in [4.78, 5) is 9.83. The molecule has 0 fully saturated rings. The summed E-state index contributed by atoms with van der Waals surface area (Å²) in [6, 6.07) is 2.07. The fourth-order valence-electron chi connectivity index (χ4n) is 1.25. The van der Waals surface area contributed by atoms with Crippen LogP contribution in [-0.4, -0.2) is 30.7 Å². The molecule has 7 heteroatoms. The number of nitrogens with zero attached hydrogens (tertiary/aromatic N) is 4. The van der Waals surface area contributed by atoms with Crippen molar-refractivity contribution in [1.29, 1.82) is 5.26 Å². The molecule has 0 saturated heterocycles. The number of ether oxygens (including phenoxy) is 1. The molecule has 0 aliphatic heterocycles. The molecular weight excluding hydrogens is 208 g/mol. The number of hydrazine groups is 1. The average molecular weight is 222 g/mol. The Morgan fingerprint density at radius 3 is 2.94 bits per heavy atom. The van der Waals surface area contributed by atoms with E-state index in [4.69, 9.17) is 15.8 Å². The maximum Gasteiger partial charge on any atom is 0.205 e. The van der Waals surface area contributed by atoms with Crippen LogP contribution in [0.15, 0.2) is 6.33 Å². The molecule has 1 heterocycles. The van der Waals surface area contributed by atoms with Gasteiger partial charge in [-0.1, -0.05) is 0 Å². The number of rotatable bonds is 5. The zero-order valence-electron chi connectivity index (χ0n) is 9.27. The molecule has 0 atom stereocenters. The van der Waals surface area contributed by atoms with E-state index in [2.05, 4.69) is 21.5 Å². The molecule has 0 amide bonds. The lowest BCUT2D eigenvalue weighted by molar-refractivity contribution is 0.413. The number of nitrogens with two attached hydrogens (primary N) is 1. The van der Waals surface area contributed by atoms with Gasteiger partial charge in [0.25, 0.3) is 0 Å². The molecule has 1 aromatic rings. The van der Waals surface area contributed by atoms with Gasteiger partial charge in [-0.05, 0) is 0 Å². The fraction of sp³-hybridized carbons (Fsp3) is 0.444. The molecule has 0 aliphatic carbocycles. The van der Waals surface area contributed by atoms with Crippen LogP contribution < -0.4 is 20.9 Å². The maximum atomic E-state index is 8.52. The highest BCUT2D eigenvalue weighted by Crippen LogP contribution is 2.30. The van der Waals surface area contributed by atoms with Crippen LogP contribution in [0.1, 0.15) is 6.42 Å². The number of hydrogen-bond acceptors (Lipinski definition) is 7. The Hall–Kier alpha value is -2.07. The van der Waals surface area contributed by atoms with Crippen molar-refractivity contribution >= 4 is 11.6 Å². The van der Waals surface area contributed by atoms with Crippen molar-refractivity contribution in [1.82, 2.24) is 9.97 Å². The topological polar surface area (TPSA) is 100 Å². The van der Waals surface area contributed by atoms with Crippen LogP contribution in [0, 0.1) is 11.3 Å². The number of nitriles is 1. The summed E-state index contributed by atoms with van der Waals surface area (Å²) in [5.41, 5.74) is 2.43. The van der Waals surface area contributed by atoms with Crippen molar-refractivity contribution < 1.29 is 4.74 Å². The zero-order chi connectivity index (χ0) is 12.0. The number of hydrogen-bond donors (Lipinski definition) is 2. The highest BCUT2D eigenvalue weighted by atomic mass is 16.5. The molecule has 1 aromatic heterocycles. The second kappa shape index (κ2) is 5.72. The van der Waals surface area contributed by atoms with Gasteiger partial charge < -0.3 is 15.1 Å². The second-order valence-electron chi connectivity index (χ2n) is 3.05. The first-order chi connectivity index (χ1) is 7.74. The molecule has 16 heavy (non-hydrogen) atoms. The van der Waals surface area contributed by atoms with Crippen LogP contribution in [0.2, 0.25) is 0 Å². The zero-order valence-corrected chi connectivity index (χ0v) is 9.27. The quantitative estimate of drug-likeness (QED) is 0.539. The fourth-order valence-corrected chi connectivity index (χ4v) is 1.25. The molecular formula is C9H14N6O. The van der Waals surface area contributed by atoms with Crippen LogP contribution in [-0.2, 0) is 0 Å². The molecule has 3 N–H and O–H groups in total. The predicted octanol–water partition coefficient (Wildman–Crippen LogP) is 0.121. The Bertz CT molecular complexity index is 388. The van der Waals surface area contributed by atoms with Gasteiger partial charge in [-0.15, -0.1) is 0 Å². The average Bonchev–Trinajstić information content (AvgIpc) is 2.34. The summed E-state index contributed by atoms with van der Waals surface area (Å²) in [5.74, 6) is 6.78. The molecule has 0 unspecified atom stereocenters. The molecule has 0 radical (unpaired) electrons. The molecule has 7 nitrogen and oxygen atoms in total. The van der Waals surface area contributed by atoms with Gasteiger partial charge in [0.1, 0.15) is 6.33 Å². The molecule has 0 saturated carbocycles. The van der Waals surface area contributed by atoms with Crippen molar-refractivity contribution in [3.63, 3.8) is 0 Å². The summed E-state index contributed by atoms with van der Waals surface area (Å²) in [6.45, 7) is 0.563. The number of methoxy groups -OCH3 is 1. The third-order valence-electron chi connectivity index (χ3n) is 2.05. The van der Waals surface area contributed by atoms with Gasteiger partial charge in [-0.2, -0.15) is 5.26 Å². The van der Waals surface area contributed by atoms with Crippen molar-refractivity contribution in [2.24, 2.45) is 5.84 Å². The van der Waals surface area contributed by atoms with E-state index in [-0.39, 0.29) is 0 Å². The van der Waals surface area contributed by atoms with Gasteiger partial charge in [0, 0.05) is 13.6 Å². The Balaban J connectivity index is 2.98. The first-order valence-electron chi connectivity index (χ1n) is 4.68. The molecule has 0 bridgehead atoms. The molecule has 0 spiro atoms. The Morgan fingerprint density at radius 2 is 2.38 bits per heavy atom. The predicted molar refractivity (Wildman–Crippen MR) is 59.9 cm³/mol. The van der Waals surface area contributed by atoms with Crippen LogP contribution in [0.4, 0.5) is 11.6 Å². The third-order valence-corrected chi connectivity index (χ3v) is 2.05. The third kappa shape index (κ3) is 2.49. The first-order valence-corrected chi connectivity index (χ1v) is 4.68. The van der Waals surface area contributed by atoms with E-state index in [1.54, 1.807) is 0 Å². The van der Waals surface area contributed by atoms with Crippen molar-refractivity contribution in [2.75, 3.05) is 31.0 Å². The van der Waals surface area contributed by atoms with Gasteiger partial charge in [0.15, 0.2) is 11.6 Å². The van der Waals surface area contributed by atoms with Gasteiger partial charge in [-0.3, -0.25) is 0 Å². The molecule has 1 rings (SSSR count). The van der Waals surface area contributed by atoms with Crippen LogP contribution in [0.5, 0.6) is 5.75 Å².